The first-order valence-corrected chi connectivity index (χ1v) is 6.20. The highest BCUT2D eigenvalue weighted by atomic mass is 19.1. The summed E-state index contributed by atoms with van der Waals surface area (Å²) in [5.74, 6) is -1.10. The van der Waals surface area contributed by atoms with Crippen LogP contribution in [0.5, 0.6) is 0 Å². The maximum Gasteiger partial charge on any atom is 0.130 e. The van der Waals surface area contributed by atoms with E-state index in [9.17, 15) is 8.78 Å². The van der Waals surface area contributed by atoms with Gasteiger partial charge in [-0.3, -0.25) is 4.98 Å². The van der Waals surface area contributed by atoms with Crippen LogP contribution in [0.15, 0.2) is 42.6 Å². The van der Waals surface area contributed by atoms with Gasteiger partial charge in [-0.2, -0.15) is 0 Å². The second-order valence-corrected chi connectivity index (χ2v) is 4.53. The Kier molecular flexibility index (Phi) is 4.22. The van der Waals surface area contributed by atoms with E-state index < -0.39 is 11.6 Å². The van der Waals surface area contributed by atoms with Crippen molar-refractivity contribution in [2.75, 3.05) is 0 Å². The summed E-state index contributed by atoms with van der Waals surface area (Å²) in [7, 11) is 0. The summed E-state index contributed by atoms with van der Waals surface area (Å²) in [6, 6.07) is 9.06. The maximum atomic E-state index is 13.7. The molecule has 1 unspecified atom stereocenters. The van der Waals surface area contributed by atoms with Crippen molar-refractivity contribution in [3.8, 4) is 0 Å². The summed E-state index contributed by atoms with van der Waals surface area (Å²) in [5, 5.41) is 3.25. The van der Waals surface area contributed by atoms with Crippen LogP contribution < -0.4 is 5.32 Å². The maximum absolute atomic E-state index is 13.7. The summed E-state index contributed by atoms with van der Waals surface area (Å²) in [5.41, 5.74) is 1.33. The standard InChI is InChI=1S/C15H16F2N2/c1-10(13-7-6-12(16)9-14(13)17)19-11(2)15-5-3-4-8-18-15/h3-11,19H,1-2H3/t10?,11-/m0/s1. The molecule has 0 aliphatic carbocycles. The highest BCUT2D eigenvalue weighted by Gasteiger charge is 2.15. The molecule has 2 nitrogen and oxygen atoms in total. The first-order chi connectivity index (χ1) is 9.08. The topological polar surface area (TPSA) is 24.9 Å². The third-order valence-electron chi connectivity index (χ3n) is 3.06. The summed E-state index contributed by atoms with van der Waals surface area (Å²) < 4.78 is 26.5. The smallest absolute Gasteiger partial charge is 0.130 e. The van der Waals surface area contributed by atoms with Crippen LogP contribution in [-0.4, -0.2) is 4.98 Å². The lowest BCUT2D eigenvalue weighted by molar-refractivity contribution is 0.464. The van der Waals surface area contributed by atoms with Crippen LogP contribution in [0, 0.1) is 11.6 Å². The minimum Gasteiger partial charge on any atom is -0.302 e. The molecule has 0 bridgehead atoms. The number of aromatic nitrogens is 1. The van der Waals surface area contributed by atoms with Crippen molar-refractivity contribution >= 4 is 0 Å². The molecule has 1 aromatic heterocycles. The van der Waals surface area contributed by atoms with Crippen LogP contribution in [0.2, 0.25) is 0 Å². The summed E-state index contributed by atoms with van der Waals surface area (Å²) in [4.78, 5) is 4.25. The van der Waals surface area contributed by atoms with Gasteiger partial charge < -0.3 is 5.32 Å². The van der Waals surface area contributed by atoms with E-state index in [0.29, 0.717) is 5.56 Å². The first-order valence-electron chi connectivity index (χ1n) is 6.20. The monoisotopic (exact) mass is 262 g/mol. The van der Waals surface area contributed by atoms with Gasteiger partial charge in [-0.1, -0.05) is 12.1 Å². The molecule has 0 aliphatic heterocycles. The molecule has 0 aliphatic rings. The fourth-order valence-corrected chi connectivity index (χ4v) is 2.03. The molecule has 2 atom stereocenters. The first kappa shape index (κ1) is 13.6. The minimum atomic E-state index is -0.564. The molecular formula is C15H16F2N2. The van der Waals surface area contributed by atoms with Crippen LogP contribution in [0.4, 0.5) is 8.78 Å². The van der Waals surface area contributed by atoms with Crippen LogP contribution in [0.3, 0.4) is 0 Å². The Morgan fingerprint density at radius 3 is 2.47 bits per heavy atom. The Balaban J connectivity index is 2.10. The van der Waals surface area contributed by atoms with Crippen molar-refractivity contribution in [3.63, 3.8) is 0 Å². The Morgan fingerprint density at radius 1 is 1.05 bits per heavy atom. The van der Waals surface area contributed by atoms with Crippen molar-refractivity contribution < 1.29 is 8.78 Å². The second kappa shape index (κ2) is 5.89. The lowest BCUT2D eigenvalue weighted by atomic mass is 10.1. The van der Waals surface area contributed by atoms with Crippen molar-refractivity contribution in [1.29, 1.82) is 0 Å². The predicted octanol–water partition coefficient (Wildman–Crippen LogP) is 3.77. The van der Waals surface area contributed by atoms with Gasteiger partial charge in [0.25, 0.3) is 0 Å². The van der Waals surface area contributed by atoms with E-state index in [1.165, 1.54) is 12.1 Å². The Morgan fingerprint density at radius 2 is 1.84 bits per heavy atom. The van der Waals surface area contributed by atoms with Gasteiger partial charge in [-0.05, 0) is 32.0 Å². The van der Waals surface area contributed by atoms with E-state index in [1.807, 2.05) is 32.0 Å². The summed E-state index contributed by atoms with van der Waals surface area (Å²) in [6.07, 6.45) is 1.72. The van der Waals surface area contributed by atoms with E-state index in [-0.39, 0.29) is 12.1 Å². The number of halogens is 2. The van der Waals surface area contributed by atoms with Crippen LogP contribution in [-0.2, 0) is 0 Å². The lowest BCUT2D eigenvalue weighted by Gasteiger charge is -2.20. The van der Waals surface area contributed by atoms with Gasteiger partial charge in [0.1, 0.15) is 11.6 Å². The number of pyridine rings is 1. The largest absolute Gasteiger partial charge is 0.302 e. The highest BCUT2D eigenvalue weighted by molar-refractivity contribution is 5.22. The molecule has 1 aromatic carbocycles. The third-order valence-corrected chi connectivity index (χ3v) is 3.06. The molecule has 0 spiro atoms. The number of nitrogens with zero attached hydrogens (tertiary/aromatic N) is 1. The van der Waals surface area contributed by atoms with Crippen LogP contribution >= 0.6 is 0 Å². The van der Waals surface area contributed by atoms with E-state index in [2.05, 4.69) is 10.3 Å². The lowest BCUT2D eigenvalue weighted by Crippen LogP contribution is -2.24. The molecule has 4 heteroatoms. The third kappa shape index (κ3) is 3.35. The second-order valence-electron chi connectivity index (χ2n) is 4.53. The molecule has 2 rings (SSSR count). The zero-order chi connectivity index (χ0) is 13.8. The quantitative estimate of drug-likeness (QED) is 0.907. The van der Waals surface area contributed by atoms with Crippen molar-refractivity contribution in [2.45, 2.75) is 25.9 Å². The van der Waals surface area contributed by atoms with Gasteiger partial charge >= 0.3 is 0 Å². The molecule has 2 aromatic rings. The van der Waals surface area contributed by atoms with Crippen molar-refractivity contribution in [2.24, 2.45) is 0 Å². The van der Waals surface area contributed by atoms with Crippen LogP contribution in [0.25, 0.3) is 0 Å². The molecule has 0 saturated heterocycles. The molecule has 0 radical (unpaired) electrons. The summed E-state index contributed by atoms with van der Waals surface area (Å²) >= 11 is 0. The van der Waals surface area contributed by atoms with Crippen LogP contribution in [0.1, 0.15) is 37.2 Å². The predicted molar refractivity (Wildman–Crippen MR) is 70.6 cm³/mol. The van der Waals surface area contributed by atoms with E-state index in [1.54, 1.807) is 6.20 Å². The normalized spacial score (nSPS) is 14.1. The average molecular weight is 262 g/mol. The SMILES string of the molecule is CC(N[C@@H](C)c1ccccn1)c1ccc(F)cc1F. The van der Waals surface area contributed by atoms with Gasteiger partial charge in [-0.15, -0.1) is 0 Å². The summed E-state index contributed by atoms with van der Waals surface area (Å²) in [6.45, 7) is 3.80. The molecule has 0 fully saturated rings. The molecule has 19 heavy (non-hydrogen) atoms. The van der Waals surface area contributed by atoms with Gasteiger partial charge in [0.2, 0.25) is 0 Å². The van der Waals surface area contributed by atoms with E-state index in [4.69, 9.17) is 0 Å². The number of hydrogen-bond donors (Lipinski definition) is 1. The van der Waals surface area contributed by atoms with Gasteiger partial charge in [-0.25, -0.2) is 8.78 Å². The molecule has 0 amide bonds. The van der Waals surface area contributed by atoms with Crippen molar-refractivity contribution in [3.05, 3.63) is 65.5 Å². The van der Waals surface area contributed by atoms with Gasteiger partial charge in [0.05, 0.1) is 5.69 Å². The Bertz CT molecular complexity index is 543. The molecule has 100 valence electrons. The van der Waals surface area contributed by atoms with E-state index >= 15 is 0 Å². The fraction of sp³-hybridized carbons (Fsp3) is 0.267. The molecule has 1 heterocycles. The van der Waals surface area contributed by atoms with E-state index in [0.717, 1.165) is 11.8 Å². The Labute approximate surface area is 111 Å². The Hall–Kier alpha value is -1.81. The molecule has 1 N–H and O–H groups in total. The van der Waals surface area contributed by atoms with Crippen molar-refractivity contribution in [1.82, 2.24) is 10.3 Å². The molecule has 0 saturated carbocycles. The number of benzene rings is 1. The van der Waals surface area contributed by atoms with Gasteiger partial charge in [0.15, 0.2) is 0 Å². The fourth-order valence-electron chi connectivity index (χ4n) is 2.03. The average Bonchev–Trinajstić information content (AvgIpc) is 2.39. The number of hydrogen-bond acceptors (Lipinski definition) is 2. The molecular weight excluding hydrogens is 246 g/mol. The zero-order valence-electron chi connectivity index (χ0n) is 10.9. The zero-order valence-corrected chi connectivity index (χ0v) is 10.9. The van der Waals surface area contributed by atoms with Gasteiger partial charge in [0, 0.05) is 29.9 Å². The number of rotatable bonds is 4. The minimum absolute atomic E-state index is 0.0133. The highest BCUT2D eigenvalue weighted by Crippen LogP contribution is 2.21. The number of nitrogens with one attached hydrogen (secondary N) is 1.